The van der Waals surface area contributed by atoms with Crippen LogP contribution in [0.15, 0.2) is 36.5 Å². The number of benzene rings is 1. The fraction of sp³-hybridized carbons (Fsp3) is 0.200. The number of halogens is 2. The van der Waals surface area contributed by atoms with Crippen LogP contribution in [0.25, 0.3) is 0 Å². The summed E-state index contributed by atoms with van der Waals surface area (Å²) in [4.78, 5) is 16.5. The molecule has 1 heterocycles. The fourth-order valence-corrected chi connectivity index (χ4v) is 3.15. The van der Waals surface area contributed by atoms with Crippen LogP contribution in [0, 0.1) is 0 Å². The Morgan fingerprint density at radius 1 is 1.05 bits per heavy atom. The summed E-state index contributed by atoms with van der Waals surface area (Å²) in [6, 6.07) is 9.30. The number of nitrogens with zero attached hydrogens (tertiary/aromatic N) is 1. The first-order chi connectivity index (χ1) is 9.16. The molecule has 1 unspecified atom stereocenters. The van der Waals surface area contributed by atoms with Gasteiger partial charge in [-0.25, -0.2) is 0 Å². The van der Waals surface area contributed by atoms with Gasteiger partial charge in [-0.1, -0.05) is 41.4 Å². The minimum atomic E-state index is 0.0456. The molecule has 1 atom stereocenters. The van der Waals surface area contributed by atoms with Crippen molar-refractivity contribution in [3.05, 3.63) is 63.4 Å². The second-order valence-corrected chi connectivity index (χ2v) is 5.48. The highest BCUT2D eigenvalue weighted by atomic mass is 35.5. The van der Waals surface area contributed by atoms with Gasteiger partial charge in [-0.15, -0.1) is 0 Å². The van der Waals surface area contributed by atoms with Crippen molar-refractivity contribution in [3.8, 4) is 0 Å². The molecule has 0 radical (unpaired) electrons. The van der Waals surface area contributed by atoms with E-state index in [4.69, 9.17) is 23.2 Å². The van der Waals surface area contributed by atoms with Crippen LogP contribution in [0.3, 0.4) is 0 Å². The number of aromatic nitrogens is 1. The van der Waals surface area contributed by atoms with E-state index in [2.05, 4.69) is 4.98 Å². The third-order valence-electron chi connectivity index (χ3n) is 3.47. The molecular formula is C15H11Cl2NO. The van der Waals surface area contributed by atoms with Gasteiger partial charge in [0, 0.05) is 17.6 Å². The first kappa shape index (κ1) is 12.6. The van der Waals surface area contributed by atoms with Crippen LogP contribution in [-0.2, 0) is 6.42 Å². The summed E-state index contributed by atoms with van der Waals surface area (Å²) in [7, 11) is 0. The van der Waals surface area contributed by atoms with E-state index in [1.807, 2.05) is 24.3 Å². The molecule has 0 saturated heterocycles. The summed E-state index contributed by atoms with van der Waals surface area (Å²) in [5.41, 5.74) is 2.35. The Morgan fingerprint density at radius 2 is 1.84 bits per heavy atom. The molecule has 1 aliphatic carbocycles. The predicted molar refractivity (Wildman–Crippen MR) is 76.1 cm³/mol. The largest absolute Gasteiger partial charge is 0.294 e. The number of carbonyl (C=O) groups excluding carboxylic acids is 1. The average molecular weight is 292 g/mol. The lowest BCUT2D eigenvalue weighted by atomic mass is 9.81. The van der Waals surface area contributed by atoms with Gasteiger partial charge in [0.1, 0.15) is 0 Å². The molecule has 0 N–H and O–H groups in total. The lowest BCUT2D eigenvalue weighted by Gasteiger charge is -2.24. The number of hydrogen-bond donors (Lipinski definition) is 0. The minimum absolute atomic E-state index is 0.0456. The average Bonchev–Trinajstić information content (AvgIpc) is 2.39. The Kier molecular flexibility index (Phi) is 3.29. The van der Waals surface area contributed by atoms with Gasteiger partial charge in [0.15, 0.2) is 5.78 Å². The van der Waals surface area contributed by atoms with Crippen LogP contribution in [0.4, 0.5) is 0 Å². The summed E-state index contributed by atoms with van der Waals surface area (Å²) >= 11 is 12.3. The van der Waals surface area contributed by atoms with E-state index in [1.54, 1.807) is 12.3 Å². The number of Topliss-reactive ketones (excluding diaryl/α,β-unsaturated/α-hetero) is 1. The molecule has 0 aliphatic heterocycles. The van der Waals surface area contributed by atoms with Crippen LogP contribution in [0.2, 0.25) is 10.0 Å². The maximum absolute atomic E-state index is 12.2. The highest BCUT2D eigenvalue weighted by molar-refractivity contribution is 6.34. The maximum Gasteiger partial charge on any atom is 0.166 e. The SMILES string of the molecule is O=C1CC(c2ccccc2Cl)Cc2nccc(Cl)c21. The molecule has 2 aromatic rings. The molecule has 96 valence electrons. The van der Waals surface area contributed by atoms with Crippen molar-refractivity contribution in [2.45, 2.75) is 18.8 Å². The Bertz CT molecular complexity index is 654. The molecule has 0 spiro atoms. The molecule has 3 rings (SSSR count). The number of pyridine rings is 1. The number of fused-ring (bicyclic) bond motifs is 1. The third-order valence-corrected chi connectivity index (χ3v) is 4.13. The molecule has 1 aromatic carbocycles. The van der Waals surface area contributed by atoms with E-state index in [0.29, 0.717) is 28.5 Å². The van der Waals surface area contributed by atoms with Gasteiger partial charge < -0.3 is 0 Å². The van der Waals surface area contributed by atoms with Crippen molar-refractivity contribution < 1.29 is 4.79 Å². The Morgan fingerprint density at radius 3 is 2.63 bits per heavy atom. The minimum Gasteiger partial charge on any atom is -0.294 e. The standard InChI is InChI=1S/C15H11Cl2NO/c16-11-4-2-1-3-10(11)9-7-13-15(14(19)8-9)12(17)5-6-18-13/h1-6,9H,7-8H2. The lowest BCUT2D eigenvalue weighted by Crippen LogP contribution is -2.20. The number of carbonyl (C=O) groups is 1. The van der Waals surface area contributed by atoms with Gasteiger partial charge in [0.05, 0.1) is 16.3 Å². The van der Waals surface area contributed by atoms with E-state index >= 15 is 0 Å². The smallest absolute Gasteiger partial charge is 0.166 e. The molecule has 1 aliphatic rings. The van der Waals surface area contributed by atoms with Gasteiger partial charge in [-0.05, 0) is 30.0 Å². The van der Waals surface area contributed by atoms with Crippen molar-refractivity contribution in [2.24, 2.45) is 0 Å². The molecule has 4 heteroatoms. The van der Waals surface area contributed by atoms with E-state index in [-0.39, 0.29) is 11.7 Å². The number of hydrogen-bond acceptors (Lipinski definition) is 2. The fourth-order valence-electron chi connectivity index (χ4n) is 2.58. The third kappa shape index (κ3) is 2.26. The Hall–Kier alpha value is -1.38. The normalized spacial score (nSPS) is 18.2. The Balaban J connectivity index is 2.03. The molecule has 0 amide bonds. The second kappa shape index (κ2) is 4.95. The topological polar surface area (TPSA) is 30.0 Å². The van der Waals surface area contributed by atoms with Crippen molar-refractivity contribution in [1.29, 1.82) is 0 Å². The van der Waals surface area contributed by atoms with Crippen molar-refractivity contribution in [3.63, 3.8) is 0 Å². The first-order valence-electron chi connectivity index (χ1n) is 6.08. The predicted octanol–water partition coefficient (Wildman–Crippen LogP) is 4.30. The van der Waals surface area contributed by atoms with Gasteiger partial charge in [0.2, 0.25) is 0 Å². The van der Waals surface area contributed by atoms with E-state index in [1.165, 1.54) is 0 Å². The molecule has 2 nitrogen and oxygen atoms in total. The van der Waals surface area contributed by atoms with Crippen LogP contribution >= 0.6 is 23.2 Å². The quantitative estimate of drug-likeness (QED) is 0.784. The van der Waals surface area contributed by atoms with E-state index in [9.17, 15) is 4.79 Å². The van der Waals surface area contributed by atoms with E-state index in [0.717, 1.165) is 11.3 Å². The highest BCUT2D eigenvalue weighted by Gasteiger charge is 2.29. The lowest BCUT2D eigenvalue weighted by molar-refractivity contribution is 0.0963. The van der Waals surface area contributed by atoms with Crippen LogP contribution < -0.4 is 0 Å². The van der Waals surface area contributed by atoms with E-state index < -0.39 is 0 Å². The Labute approximate surface area is 121 Å². The summed E-state index contributed by atoms with van der Waals surface area (Å²) in [5, 5.41) is 1.19. The zero-order valence-electron chi connectivity index (χ0n) is 10.1. The zero-order chi connectivity index (χ0) is 13.4. The van der Waals surface area contributed by atoms with Crippen molar-refractivity contribution in [2.75, 3.05) is 0 Å². The number of ketones is 1. The zero-order valence-corrected chi connectivity index (χ0v) is 11.6. The molecule has 1 aromatic heterocycles. The summed E-state index contributed by atoms with van der Waals surface area (Å²) in [5.74, 6) is 0.129. The highest BCUT2D eigenvalue weighted by Crippen LogP contribution is 2.36. The summed E-state index contributed by atoms with van der Waals surface area (Å²) < 4.78 is 0. The van der Waals surface area contributed by atoms with Crippen molar-refractivity contribution >= 4 is 29.0 Å². The first-order valence-corrected chi connectivity index (χ1v) is 6.83. The van der Waals surface area contributed by atoms with Gasteiger partial charge >= 0.3 is 0 Å². The van der Waals surface area contributed by atoms with Crippen LogP contribution in [0.5, 0.6) is 0 Å². The van der Waals surface area contributed by atoms with Crippen LogP contribution in [-0.4, -0.2) is 10.8 Å². The van der Waals surface area contributed by atoms with Crippen LogP contribution in [0.1, 0.15) is 34.0 Å². The van der Waals surface area contributed by atoms with Gasteiger partial charge in [0.25, 0.3) is 0 Å². The van der Waals surface area contributed by atoms with Crippen molar-refractivity contribution in [1.82, 2.24) is 4.98 Å². The second-order valence-electron chi connectivity index (χ2n) is 4.66. The monoisotopic (exact) mass is 291 g/mol. The molecule has 0 saturated carbocycles. The molecule has 0 fully saturated rings. The van der Waals surface area contributed by atoms with Gasteiger partial charge in [-0.3, -0.25) is 9.78 Å². The summed E-state index contributed by atoms with van der Waals surface area (Å²) in [6.45, 7) is 0. The molecule has 19 heavy (non-hydrogen) atoms. The molecule has 0 bridgehead atoms. The molecular weight excluding hydrogens is 281 g/mol. The maximum atomic E-state index is 12.2. The summed E-state index contributed by atoms with van der Waals surface area (Å²) in [6.07, 6.45) is 2.77. The van der Waals surface area contributed by atoms with Gasteiger partial charge in [-0.2, -0.15) is 0 Å². The number of rotatable bonds is 1.